The standard InChI is InChI=1S/C6H5NO2S.Na/c8-6(9)4-1-2-5(10)7-3-4;/h1-3H,(H,7,10)(H,8,9);/q;+1/p-1. The van der Waals surface area contributed by atoms with Gasteiger partial charge in [-0.3, -0.25) is 0 Å². The summed E-state index contributed by atoms with van der Waals surface area (Å²) >= 11 is 4.69. The third-order valence-electron chi connectivity index (χ3n) is 1.02. The minimum Gasteiger partial charge on any atom is -0.545 e. The van der Waals surface area contributed by atoms with Crippen molar-refractivity contribution >= 4 is 18.2 Å². The fourth-order valence-corrected chi connectivity index (χ4v) is 0.665. The van der Waals surface area contributed by atoms with E-state index in [0.29, 0.717) is 4.64 Å². The Morgan fingerprint density at radius 1 is 1.55 bits per heavy atom. The second kappa shape index (κ2) is 4.66. The van der Waals surface area contributed by atoms with Crippen LogP contribution in [0.5, 0.6) is 0 Å². The van der Waals surface area contributed by atoms with E-state index in [2.05, 4.69) is 17.2 Å². The Labute approximate surface area is 90.7 Å². The molecule has 0 unspecified atom stereocenters. The van der Waals surface area contributed by atoms with Gasteiger partial charge in [-0.25, -0.2) is 0 Å². The first kappa shape index (κ1) is 10.8. The van der Waals surface area contributed by atoms with Gasteiger partial charge in [0, 0.05) is 11.8 Å². The first-order chi connectivity index (χ1) is 4.70. The summed E-state index contributed by atoms with van der Waals surface area (Å²) in [6, 6.07) is 2.90. The van der Waals surface area contributed by atoms with Gasteiger partial charge >= 0.3 is 29.6 Å². The molecule has 0 amide bonds. The van der Waals surface area contributed by atoms with Gasteiger partial charge in [-0.05, 0) is 12.1 Å². The average Bonchev–Trinajstić information content (AvgIpc) is 1.88. The number of carboxylic acid groups (broad SMARTS) is 1. The summed E-state index contributed by atoms with van der Waals surface area (Å²) < 4.78 is 0.505. The third kappa shape index (κ3) is 3.16. The smallest absolute Gasteiger partial charge is 0.545 e. The van der Waals surface area contributed by atoms with Crippen LogP contribution in [0.1, 0.15) is 10.4 Å². The van der Waals surface area contributed by atoms with Crippen molar-refractivity contribution in [2.45, 2.75) is 0 Å². The van der Waals surface area contributed by atoms with Crippen molar-refractivity contribution in [3.8, 4) is 0 Å². The summed E-state index contributed by atoms with van der Waals surface area (Å²) in [7, 11) is 0. The Bertz CT molecular complexity index is 289. The quantitative estimate of drug-likeness (QED) is 0.370. The van der Waals surface area contributed by atoms with Gasteiger partial charge in [-0.1, -0.05) is 12.2 Å². The molecule has 1 heterocycles. The molecule has 0 aliphatic carbocycles. The third-order valence-corrected chi connectivity index (χ3v) is 1.27. The number of H-pyrrole nitrogens is 1. The fourth-order valence-electron chi connectivity index (χ4n) is 0.538. The molecule has 0 aromatic carbocycles. The fraction of sp³-hybridized carbons (Fsp3) is 0. The molecule has 0 saturated carbocycles. The molecule has 0 aliphatic heterocycles. The Morgan fingerprint density at radius 2 is 2.18 bits per heavy atom. The molecular formula is C6H4NNaO2S. The van der Waals surface area contributed by atoms with Crippen molar-refractivity contribution in [1.29, 1.82) is 0 Å². The Balaban J connectivity index is 0.000001000. The number of rotatable bonds is 1. The van der Waals surface area contributed by atoms with Crippen molar-refractivity contribution in [2.75, 3.05) is 0 Å². The summed E-state index contributed by atoms with van der Waals surface area (Å²) in [6.07, 6.45) is 1.30. The molecule has 0 aliphatic rings. The molecule has 1 N–H and O–H groups in total. The van der Waals surface area contributed by atoms with Gasteiger partial charge in [-0.2, -0.15) is 0 Å². The predicted molar refractivity (Wildman–Crippen MR) is 36.0 cm³/mol. The summed E-state index contributed by atoms with van der Waals surface area (Å²) in [4.78, 5) is 12.7. The Morgan fingerprint density at radius 3 is 2.55 bits per heavy atom. The van der Waals surface area contributed by atoms with Crippen LogP contribution in [0.2, 0.25) is 0 Å². The molecular weight excluding hydrogens is 173 g/mol. The van der Waals surface area contributed by atoms with Crippen molar-refractivity contribution in [2.24, 2.45) is 0 Å². The number of pyridine rings is 1. The molecule has 0 fully saturated rings. The van der Waals surface area contributed by atoms with Crippen LogP contribution < -0.4 is 34.7 Å². The normalized spacial score (nSPS) is 8.36. The number of carbonyl (C=O) groups is 1. The zero-order valence-corrected chi connectivity index (χ0v) is 8.77. The zero-order chi connectivity index (χ0) is 7.56. The molecule has 0 atom stereocenters. The van der Waals surface area contributed by atoms with Crippen LogP contribution in [-0.2, 0) is 0 Å². The molecule has 3 nitrogen and oxygen atoms in total. The van der Waals surface area contributed by atoms with Gasteiger partial charge in [0.15, 0.2) is 0 Å². The molecule has 0 saturated heterocycles. The first-order valence-electron chi connectivity index (χ1n) is 2.60. The maximum atomic E-state index is 10.1. The minimum atomic E-state index is -1.20. The summed E-state index contributed by atoms with van der Waals surface area (Å²) in [5, 5.41) is 10.1. The van der Waals surface area contributed by atoms with Crippen molar-refractivity contribution in [3.63, 3.8) is 0 Å². The summed E-state index contributed by atoms with van der Waals surface area (Å²) in [6.45, 7) is 0. The topological polar surface area (TPSA) is 55.9 Å². The zero-order valence-electron chi connectivity index (χ0n) is 5.96. The van der Waals surface area contributed by atoms with Crippen LogP contribution in [0.3, 0.4) is 0 Å². The van der Waals surface area contributed by atoms with E-state index < -0.39 is 5.97 Å². The minimum absolute atomic E-state index is 0. The van der Waals surface area contributed by atoms with E-state index >= 15 is 0 Å². The van der Waals surface area contributed by atoms with Gasteiger partial charge in [0.1, 0.15) is 4.64 Å². The van der Waals surface area contributed by atoms with Gasteiger partial charge in [0.2, 0.25) is 0 Å². The number of aromatic carboxylic acids is 1. The molecule has 5 heteroatoms. The Kier molecular flexibility index (Phi) is 4.60. The van der Waals surface area contributed by atoms with E-state index in [1.165, 1.54) is 18.3 Å². The van der Waals surface area contributed by atoms with Gasteiger partial charge in [0.25, 0.3) is 0 Å². The molecule has 0 bridgehead atoms. The van der Waals surface area contributed by atoms with E-state index in [9.17, 15) is 9.90 Å². The second-order valence-electron chi connectivity index (χ2n) is 1.73. The van der Waals surface area contributed by atoms with Crippen LogP contribution in [0.15, 0.2) is 18.3 Å². The second-order valence-corrected chi connectivity index (χ2v) is 2.17. The van der Waals surface area contributed by atoms with Gasteiger partial charge in [-0.15, -0.1) is 0 Å². The molecule has 1 rings (SSSR count). The molecule has 0 radical (unpaired) electrons. The van der Waals surface area contributed by atoms with Crippen LogP contribution in [0, 0.1) is 4.64 Å². The molecule has 0 spiro atoms. The van der Waals surface area contributed by atoms with Crippen LogP contribution in [0.4, 0.5) is 0 Å². The maximum Gasteiger partial charge on any atom is 1.00 e. The number of aromatic amines is 1. The largest absolute Gasteiger partial charge is 1.00 e. The van der Waals surface area contributed by atoms with Crippen LogP contribution in [-0.4, -0.2) is 11.0 Å². The van der Waals surface area contributed by atoms with E-state index in [1.807, 2.05) is 0 Å². The summed E-state index contributed by atoms with van der Waals surface area (Å²) in [5.74, 6) is -1.20. The number of nitrogens with one attached hydrogen (secondary N) is 1. The Hall–Kier alpha value is -0.160. The van der Waals surface area contributed by atoms with Crippen LogP contribution in [0.25, 0.3) is 0 Å². The number of hydrogen-bond donors (Lipinski definition) is 1. The average molecular weight is 177 g/mol. The van der Waals surface area contributed by atoms with Crippen molar-refractivity contribution in [3.05, 3.63) is 28.5 Å². The van der Waals surface area contributed by atoms with Crippen molar-refractivity contribution < 1.29 is 39.5 Å². The number of hydrogen-bond acceptors (Lipinski definition) is 3. The van der Waals surface area contributed by atoms with Gasteiger partial charge < -0.3 is 14.9 Å². The maximum absolute atomic E-state index is 10.1. The van der Waals surface area contributed by atoms with E-state index in [4.69, 9.17) is 0 Å². The number of carbonyl (C=O) groups excluding carboxylic acids is 1. The van der Waals surface area contributed by atoms with E-state index in [0.717, 1.165) is 0 Å². The first-order valence-corrected chi connectivity index (χ1v) is 3.01. The molecule has 52 valence electrons. The molecule has 1 aromatic heterocycles. The number of carboxylic acids is 1. The SMILES string of the molecule is O=C([O-])c1ccc(=S)[nH]c1.[Na+]. The monoisotopic (exact) mass is 177 g/mol. The van der Waals surface area contributed by atoms with E-state index in [-0.39, 0.29) is 35.1 Å². The molecule has 11 heavy (non-hydrogen) atoms. The van der Waals surface area contributed by atoms with Crippen LogP contribution >= 0.6 is 12.2 Å². The number of aromatic nitrogens is 1. The predicted octanol–water partition coefficient (Wildman–Crippen LogP) is -2.89. The van der Waals surface area contributed by atoms with E-state index in [1.54, 1.807) is 0 Å². The van der Waals surface area contributed by atoms with Crippen molar-refractivity contribution in [1.82, 2.24) is 4.98 Å². The van der Waals surface area contributed by atoms with Gasteiger partial charge in [0.05, 0.1) is 5.97 Å². The summed E-state index contributed by atoms with van der Waals surface area (Å²) in [5.41, 5.74) is 0.105. The molecule has 1 aromatic rings.